The highest BCUT2D eigenvalue weighted by atomic mass is 35.5. The zero-order valence-electron chi connectivity index (χ0n) is 13.3. The molecule has 3 rings (SSSR count). The first kappa shape index (κ1) is 18.0. The predicted octanol–water partition coefficient (Wildman–Crippen LogP) is 1.87. The maximum Gasteiger partial charge on any atom is 0.242 e. The van der Waals surface area contributed by atoms with Crippen LogP contribution in [0.1, 0.15) is 51.4 Å². The Hall–Kier alpha value is -0.360. The summed E-state index contributed by atoms with van der Waals surface area (Å²) < 4.78 is 11.5. The minimum Gasteiger partial charge on any atom is -0.381 e. The normalized spacial score (nSPS) is 26.7. The first-order valence-corrected chi connectivity index (χ1v) is 8.49. The minimum atomic E-state index is -0.697. The summed E-state index contributed by atoms with van der Waals surface area (Å²) in [4.78, 5) is 14.6. The second-order valence-electron chi connectivity index (χ2n) is 6.80. The van der Waals surface area contributed by atoms with Gasteiger partial charge in [0.15, 0.2) is 0 Å². The summed E-state index contributed by atoms with van der Waals surface area (Å²) in [6.45, 7) is 2.78. The van der Waals surface area contributed by atoms with E-state index in [1.165, 1.54) is 25.7 Å². The second kappa shape index (κ2) is 7.95. The molecular formula is C16H29ClN2O3. The fraction of sp³-hybridized carbons (Fsp3) is 0.938. The summed E-state index contributed by atoms with van der Waals surface area (Å²) in [5, 5.41) is 0. The van der Waals surface area contributed by atoms with Crippen molar-refractivity contribution in [3.63, 3.8) is 0 Å². The smallest absolute Gasteiger partial charge is 0.242 e. The Morgan fingerprint density at radius 3 is 2.18 bits per heavy atom. The average Bonchev–Trinajstić information content (AvgIpc) is 3.01. The van der Waals surface area contributed by atoms with Gasteiger partial charge in [0.2, 0.25) is 5.91 Å². The number of carbonyl (C=O) groups excluding carboxylic acids is 1. The number of rotatable bonds is 3. The van der Waals surface area contributed by atoms with Gasteiger partial charge in [0.25, 0.3) is 0 Å². The molecule has 2 saturated heterocycles. The zero-order valence-corrected chi connectivity index (χ0v) is 14.1. The Kier molecular flexibility index (Phi) is 6.50. The summed E-state index contributed by atoms with van der Waals surface area (Å²) >= 11 is 0. The van der Waals surface area contributed by atoms with Crippen LogP contribution in [0.2, 0.25) is 0 Å². The van der Waals surface area contributed by atoms with Gasteiger partial charge in [-0.2, -0.15) is 0 Å². The van der Waals surface area contributed by atoms with Gasteiger partial charge in [-0.25, -0.2) is 0 Å². The molecule has 5 nitrogen and oxygen atoms in total. The maximum atomic E-state index is 12.6. The third kappa shape index (κ3) is 4.13. The lowest BCUT2D eigenvalue weighted by Gasteiger charge is -2.40. The molecule has 1 aliphatic carbocycles. The van der Waals surface area contributed by atoms with Crippen LogP contribution in [-0.4, -0.2) is 54.9 Å². The molecule has 0 aromatic rings. The molecule has 2 N–H and O–H groups in total. The van der Waals surface area contributed by atoms with E-state index in [9.17, 15) is 4.79 Å². The lowest BCUT2D eigenvalue weighted by atomic mass is 9.89. The Labute approximate surface area is 139 Å². The third-order valence-electron chi connectivity index (χ3n) is 5.23. The van der Waals surface area contributed by atoms with Crippen LogP contribution in [0.3, 0.4) is 0 Å². The van der Waals surface area contributed by atoms with Gasteiger partial charge >= 0.3 is 0 Å². The largest absolute Gasteiger partial charge is 0.381 e. The second-order valence-corrected chi connectivity index (χ2v) is 6.80. The summed E-state index contributed by atoms with van der Waals surface area (Å²) in [6.07, 6.45) is 9.03. The SMILES string of the molecule is Cl.NC1(C(=O)N2CCC(OC3CCCC3)CC2)CCOCC1. The first-order valence-electron chi connectivity index (χ1n) is 8.49. The molecule has 0 atom stereocenters. The molecule has 0 unspecified atom stereocenters. The lowest BCUT2D eigenvalue weighted by molar-refractivity contribution is -0.143. The quantitative estimate of drug-likeness (QED) is 0.857. The van der Waals surface area contributed by atoms with Crippen LogP contribution in [0.15, 0.2) is 0 Å². The number of halogens is 1. The Balaban J connectivity index is 0.00000176. The third-order valence-corrected chi connectivity index (χ3v) is 5.23. The van der Waals surface area contributed by atoms with Gasteiger partial charge in [0.05, 0.1) is 17.7 Å². The van der Waals surface area contributed by atoms with Gasteiger partial charge in [-0.05, 0) is 38.5 Å². The fourth-order valence-corrected chi connectivity index (χ4v) is 3.76. The molecule has 0 aromatic heterocycles. The molecule has 128 valence electrons. The van der Waals surface area contributed by atoms with Crippen LogP contribution in [0, 0.1) is 0 Å². The lowest BCUT2D eigenvalue weighted by Crippen LogP contribution is -2.59. The summed E-state index contributed by atoms with van der Waals surface area (Å²) in [6, 6.07) is 0. The highest BCUT2D eigenvalue weighted by Crippen LogP contribution is 2.27. The van der Waals surface area contributed by atoms with Crippen LogP contribution >= 0.6 is 12.4 Å². The predicted molar refractivity (Wildman–Crippen MR) is 87.2 cm³/mol. The van der Waals surface area contributed by atoms with E-state index < -0.39 is 5.54 Å². The van der Waals surface area contributed by atoms with Crippen molar-refractivity contribution in [3.05, 3.63) is 0 Å². The summed E-state index contributed by atoms with van der Waals surface area (Å²) in [7, 11) is 0. The highest BCUT2D eigenvalue weighted by molar-refractivity contribution is 5.86. The van der Waals surface area contributed by atoms with Gasteiger partial charge in [0, 0.05) is 26.3 Å². The van der Waals surface area contributed by atoms with Crippen molar-refractivity contribution in [1.82, 2.24) is 4.90 Å². The number of ether oxygens (including phenoxy) is 2. The number of likely N-dealkylation sites (tertiary alicyclic amines) is 1. The molecule has 22 heavy (non-hydrogen) atoms. The van der Waals surface area contributed by atoms with Gasteiger partial charge in [-0.3, -0.25) is 4.79 Å². The minimum absolute atomic E-state index is 0. The molecule has 0 spiro atoms. The zero-order chi connectivity index (χ0) is 14.7. The maximum absolute atomic E-state index is 12.6. The van der Waals surface area contributed by atoms with Crippen molar-refractivity contribution in [2.24, 2.45) is 5.73 Å². The molecule has 0 radical (unpaired) electrons. The van der Waals surface area contributed by atoms with Crippen molar-refractivity contribution < 1.29 is 14.3 Å². The van der Waals surface area contributed by atoms with Crippen molar-refractivity contribution in [1.29, 1.82) is 0 Å². The highest BCUT2D eigenvalue weighted by Gasteiger charge is 2.40. The van der Waals surface area contributed by atoms with E-state index in [1.807, 2.05) is 4.90 Å². The van der Waals surface area contributed by atoms with E-state index in [4.69, 9.17) is 15.2 Å². The van der Waals surface area contributed by atoms with E-state index in [2.05, 4.69) is 0 Å². The van der Waals surface area contributed by atoms with Crippen molar-refractivity contribution in [2.45, 2.75) is 69.1 Å². The number of nitrogens with two attached hydrogens (primary N) is 1. The van der Waals surface area contributed by atoms with Crippen molar-refractivity contribution in [3.8, 4) is 0 Å². The van der Waals surface area contributed by atoms with Crippen LogP contribution in [0.5, 0.6) is 0 Å². The topological polar surface area (TPSA) is 64.8 Å². The summed E-state index contributed by atoms with van der Waals surface area (Å²) in [5.74, 6) is 0.116. The molecule has 0 bridgehead atoms. The molecule has 0 aromatic carbocycles. The number of carbonyl (C=O) groups is 1. The molecule has 6 heteroatoms. The Morgan fingerprint density at radius 2 is 1.59 bits per heavy atom. The summed E-state index contributed by atoms with van der Waals surface area (Å²) in [5.41, 5.74) is 5.60. The monoisotopic (exact) mass is 332 g/mol. The van der Waals surface area contributed by atoms with Crippen LogP contribution in [0.4, 0.5) is 0 Å². The Bertz CT molecular complexity index is 360. The average molecular weight is 333 g/mol. The Morgan fingerprint density at radius 1 is 1.05 bits per heavy atom. The number of amides is 1. The number of piperidine rings is 1. The fourth-order valence-electron chi connectivity index (χ4n) is 3.76. The number of nitrogens with zero attached hydrogens (tertiary/aromatic N) is 1. The van der Waals surface area contributed by atoms with E-state index in [-0.39, 0.29) is 18.3 Å². The van der Waals surface area contributed by atoms with E-state index in [1.54, 1.807) is 0 Å². The molecule has 2 heterocycles. The van der Waals surface area contributed by atoms with Gasteiger partial charge in [-0.1, -0.05) is 12.8 Å². The van der Waals surface area contributed by atoms with E-state index >= 15 is 0 Å². The van der Waals surface area contributed by atoms with Crippen LogP contribution < -0.4 is 5.73 Å². The standard InChI is InChI=1S/C16H28N2O3.ClH/c17-16(7-11-20-12-8-16)15(19)18-9-5-14(6-10-18)21-13-3-1-2-4-13;/h13-14H,1-12,17H2;1H. The number of hydrogen-bond donors (Lipinski definition) is 1. The molecule has 1 amide bonds. The first-order chi connectivity index (χ1) is 10.2. The molecule has 3 aliphatic rings. The van der Waals surface area contributed by atoms with Gasteiger partial charge < -0.3 is 20.1 Å². The molecule has 2 aliphatic heterocycles. The van der Waals surface area contributed by atoms with Crippen LogP contribution in [0.25, 0.3) is 0 Å². The van der Waals surface area contributed by atoms with Gasteiger partial charge in [-0.15, -0.1) is 12.4 Å². The molecule has 1 saturated carbocycles. The van der Waals surface area contributed by atoms with E-state index in [0.717, 1.165) is 25.9 Å². The number of hydrogen-bond acceptors (Lipinski definition) is 4. The molecule has 3 fully saturated rings. The van der Waals surface area contributed by atoms with Crippen LogP contribution in [-0.2, 0) is 14.3 Å². The van der Waals surface area contributed by atoms with Gasteiger partial charge in [0.1, 0.15) is 0 Å². The molecular weight excluding hydrogens is 304 g/mol. The van der Waals surface area contributed by atoms with Crippen molar-refractivity contribution in [2.75, 3.05) is 26.3 Å². The van der Waals surface area contributed by atoms with E-state index in [0.29, 0.717) is 38.3 Å². The van der Waals surface area contributed by atoms with Crippen molar-refractivity contribution >= 4 is 18.3 Å².